The Morgan fingerprint density at radius 2 is 1.10 bits per heavy atom. The van der Waals surface area contributed by atoms with Gasteiger partial charge in [-0.2, -0.15) is 0 Å². The topological polar surface area (TPSA) is 40.5 Å². The van der Waals surface area contributed by atoms with Crippen molar-refractivity contribution in [3.63, 3.8) is 0 Å². The number of carboxylic acids is 1. The molecule has 0 fully saturated rings. The molecule has 0 bridgehead atoms. The van der Waals surface area contributed by atoms with Crippen LogP contribution in [0.5, 0.6) is 0 Å². The highest BCUT2D eigenvalue weighted by Gasteiger charge is 2.08. The van der Waals surface area contributed by atoms with Crippen LogP contribution in [0, 0.1) is 0 Å². The van der Waals surface area contributed by atoms with Crippen LogP contribution >= 0.6 is 0 Å². The standard InChI is InChI=1S/C18H37NO2/c1-3-5-7-9-11-13-15-19(17-18(20)21)16-14-12-10-8-6-4-2/h3-17H2,1-2H3,(H,20,21). The maximum absolute atomic E-state index is 10.9. The van der Waals surface area contributed by atoms with Crippen LogP contribution in [0.1, 0.15) is 90.9 Å². The Hall–Kier alpha value is -0.570. The monoisotopic (exact) mass is 299 g/mol. The molecule has 0 saturated carbocycles. The summed E-state index contributed by atoms with van der Waals surface area (Å²) in [5, 5.41) is 8.99. The number of hydrogen-bond donors (Lipinski definition) is 1. The highest BCUT2D eigenvalue weighted by Crippen LogP contribution is 2.08. The predicted molar refractivity (Wildman–Crippen MR) is 90.8 cm³/mol. The Bertz CT molecular complexity index is 215. The summed E-state index contributed by atoms with van der Waals surface area (Å²) in [5.74, 6) is -0.688. The van der Waals surface area contributed by atoms with Gasteiger partial charge in [-0.15, -0.1) is 0 Å². The zero-order valence-electron chi connectivity index (χ0n) is 14.4. The third-order valence-electron chi connectivity index (χ3n) is 4.01. The van der Waals surface area contributed by atoms with Crippen molar-refractivity contribution >= 4 is 5.97 Å². The molecule has 3 heteroatoms. The van der Waals surface area contributed by atoms with E-state index in [9.17, 15) is 4.79 Å². The molecule has 0 amide bonds. The van der Waals surface area contributed by atoms with Crippen LogP contribution in [0.15, 0.2) is 0 Å². The van der Waals surface area contributed by atoms with Crippen LogP contribution in [-0.2, 0) is 4.79 Å². The lowest BCUT2D eigenvalue weighted by Crippen LogP contribution is -2.31. The SMILES string of the molecule is CCCCCCCCN(CCCCCCCC)CC(=O)O. The summed E-state index contributed by atoms with van der Waals surface area (Å²) in [5.41, 5.74) is 0. The van der Waals surface area contributed by atoms with Crippen LogP contribution in [-0.4, -0.2) is 35.6 Å². The molecule has 0 atom stereocenters. The maximum atomic E-state index is 10.9. The minimum absolute atomic E-state index is 0.212. The van der Waals surface area contributed by atoms with E-state index in [1.54, 1.807) is 0 Å². The van der Waals surface area contributed by atoms with E-state index >= 15 is 0 Å². The molecule has 0 aromatic carbocycles. The Balaban J connectivity index is 3.64. The second-order valence-electron chi connectivity index (χ2n) is 6.21. The van der Waals surface area contributed by atoms with Gasteiger partial charge < -0.3 is 5.11 Å². The number of rotatable bonds is 16. The number of hydrogen-bond acceptors (Lipinski definition) is 2. The second-order valence-corrected chi connectivity index (χ2v) is 6.21. The first-order valence-corrected chi connectivity index (χ1v) is 9.14. The van der Waals surface area contributed by atoms with Crippen molar-refractivity contribution in [1.29, 1.82) is 0 Å². The summed E-state index contributed by atoms with van der Waals surface area (Å²) >= 11 is 0. The second kappa shape index (κ2) is 15.8. The molecule has 3 nitrogen and oxygen atoms in total. The zero-order valence-corrected chi connectivity index (χ0v) is 14.4. The third kappa shape index (κ3) is 15.6. The molecule has 0 unspecified atom stereocenters. The first kappa shape index (κ1) is 20.4. The largest absolute Gasteiger partial charge is 0.480 e. The normalized spacial score (nSPS) is 11.2. The van der Waals surface area contributed by atoms with Crippen molar-refractivity contribution in [2.24, 2.45) is 0 Å². The fourth-order valence-electron chi connectivity index (χ4n) is 2.69. The van der Waals surface area contributed by atoms with Crippen molar-refractivity contribution in [2.75, 3.05) is 19.6 Å². The summed E-state index contributed by atoms with van der Waals surface area (Å²) in [4.78, 5) is 13.0. The Morgan fingerprint density at radius 3 is 1.48 bits per heavy atom. The minimum atomic E-state index is -0.688. The van der Waals surface area contributed by atoms with E-state index in [0.717, 1.165) is 25.9 Å². The maximum Gasteiger partial charge on any atom is 0.317 e. The van der Waals surface area contributed by atoms with E-state index in [1.165, 1.54) is 64.2 Å². The lowest BCUT2D eigenvalue weighted by atomic mass is 10.1. The van der Waals surface area contributed by atoms with Gasteiger partial charge in [0.2, 0.25) is 0 Å². The van der Waals surface area contributed by atoms with Gasteiger partial charge in [-0.05, 0) is 25.9 Å². The van der Waals surface area contributed by atoms with Gasteiger partial charge in [0.1, 0.15) is 0 Å². The van der Waals surface area contributed by atoms with Gasteiger partial charge >= 0.3 is 5.97 Å². The highest BCUT2D eigenvalue weighted by molar-refractivity contribution is 5.69. The van der Waals surface area contributed by atoms with Crippen molar-refractivity contribution < 1.29 is 9.90 Å². The lowest BCUT2D eigenvalue weighted by Gasteiger charge is -2.20. The van der Waals surface area contributed by atoms with Crippen molar-refractivity contribution in [3.05, 3.63) is 0 Å². The molecule has 0 spiro atoms. The van der Waals surface area contributed by atoms with Gasteiger partial charge in [0.15, 0.2) is 0 Å². The van der Waals surface area contributed by atoms with Crippen LogP contribution in [0.2, 0.25) is 0 Å². The van der Waals surface area contributed by atoms with E-state index in [0.29, 0.717) is 0 Å². The number of carboxylic acid groups (broad SMARTS) is 1. The van der Waals surface area contributed by atoms with Crippen LogP contribution in [0.4, 0.5) is 0 Å². The fourth-order valence-corrected chi connectivity index (χ4v) is 2.69. The first-order chi connectivity index (χ1) is 10.2. The number of carbonyl (C=O) groups is 1. The molecule has 0 heterocycles. The van der Waals surface area contributed by atoms with Gasteiger partial charge in [-0.1, -0.05) is 78.1 Å². The predicted octanol–water partition coefficient (Wildman–Crippen LogP) is 5.09. The zero-order chi connectivity index (χ0) is 15.8. The molecule has 126 valence electrons. The molecule has 0 saturated heterocycles. The molecule has 0 aromatic rings. The highest BCUT2D eigenvalue weighted by atomic mass is 16.4. The third-order valence-corrected chi connectivity index (χ3v) is 4.01. The average molecular weight is 299 g/mol. The Morgan fingerprint density at radius 1 is 0.714 bits per heavy atom. The van der Waals surface area contributed by atoms with Gasteiger partial charge in [0, 0.05) is 0 Å². The lowest BCUT2D eigenvalue weighted by molar-refractivity contribution is -0.138. The average Bonchev–Trinajstić information content (AvgIpc) is 2.45. The summed E-state index contributed by atoms with van der Waals surface area (Å²) in [7, 11) is 0. The summed E-state index contributed by atoms with van der Waals surface area (Å²) in [6, 6.07) is 0. The van der Waals surface area contributed by atoms with E-state index in [2.05, 4.69) is 18.7 Å². The summed E-state index contributed by atoms with van der Waals surface area (Å²) in [6.07, 6.45) is 15.2. The van der Waals surface area contributed by atoms with Gasteiger partial charge in [-0.25, -0.2) is 0 Å². The molecule has 0 radical (unpaired) electrons. The molecule has 0 aromatic heterocycles. The van der Waals surface area contributed by atoms with Crippen LogP contribution in [0.25, 0.3) is 0 Å². The van der Waals surface area contributed by atoms with Crippen LogP contribution in [0.3, 0.4) is 0 Å². The van der Waals surface area contributed by atoms with E-state index < -0.39 is 5.97 Å². The van der Waals surface area contributed by atoms with Crippen molar-refractivity contribution in [2.45, 2.75) is 90.9 Å². The molecule has 0 aliphatic carbocycles. The molecular weight excluding hydrogens is 262 g/mol. The number of nitrogens with zero attached hydrogens (tertiary/aromatic N) is 1. The van der Waals surface area contributed by atoms with E-state index in [1.807, 2.05) is 0 Å². The van der Waals surface area contributed by atoms with Gasteiger partial charge in [-0.3, -0.25) is 9.69 Å². The summed E-state index contributed by atoms with van der Waals surface area (Å²) < 4.78 is 0. The smallest absolute Gasteiger partial charge is 0.317 e. The fraction of sp³-hybridized carbons (Fsp3) is 0.944. The molecular formula is C18H37NO2. The number of aliphatic carboxylic acids is 1. The van der Waals surface area contributed by atoms with Crippen LogP contribution < -0.4 is 0 Å². The molecule has 1 N–H and O–H groups in total. The Kier molecular flexibility index (Phi) is 15.4. The van der Waals surface area contributed by atoms with Crippen molar-refractivity contribution in [3.8, 4) is 0 Å². The quantitative estimate of drug-likeness (QED) is 0.403. The molecule has 21 heavy (non-hydrogen) atoms. The summed E-state index contributed by atoms with van der Waals surface area (Å²) in [6.45, 7) is 6.58. The van der Waals surface area contributed by atoms with E-state index in [-0.39, 0.29) is 6.54 Å². The number of unbranched alkanes of at least 4 members (excludes halogenated alkanes) is 10. The minimum Gasteiger partial charge on any atom is -0.480 e. The van der Waals surface area contributed by atoms with Gasteiger partial charge in [0.25, 0.3) is 0 Å². The molecule has 0 rings (SSSR count). The Labute approximate surface area is 132 Å². The van der Waals surface area contributed by atoms with Crippen molar-refractivity contribution in [1.82, 2.24) is 4.90 Å². The molecule has 0 aliphatic rings. The van der Waals surface area contributed by atoms with Gasteiger partial charge in [0.05, 0.1) is 6.54 Å². The molecule has 0 aliphatic heterocycles. The first-order valence-electron chi connectivity index (χ1n) is 9.14. The van der Waals surface area contributed by atoms with E-state index in [4.69, 9.17) is 5.11 Å².